The van der Waals surface area contributed by atoms with Crippen LogP contribution in [-0.4, -0.2) is 0 Å². The maximum Gasteiger partial charge on any atom is 0.128 e. The number of halogens is 2. The molecule has 2 aromatic rings. The topological polar surface area (TPSA) is 38.0 Å². The van der Waals surface area contributed by atoms with Crippen LogP contribution in [0.1, 0.15) is 22.0 Å². The Kier molecular flexibility index (Phi) is 4.50. The van der Waals surface area contributed by atoms with Crippen LogP contribution >= 0.6 is 27.3 Å². The van der Waals surface area contributed by atoms with Crippen LogP contribution in [0.15, 0.2) is 34.1 Å². The van der Waals surface area contributed by atoms with Crippen molar-refractivity contribution in [1.82, 2.24) is 5.43 Å². The van der Waals surface area contributed by atoms with E-state index in [4.69, 9.17) is 5.84 Å². The Morgan fingerprint density at radius 2 is 2.22 bits per heavy atom. The molecule has 2 rings (SSSR count). The van der Waals surface area contributed by atoms with E-state index in [1.54, 1.807) is 17.4 Å². The Balaban J connectivity index is 2.25. The van der Waals surface area contributed by atoms with Gasteiger partial charge in [-0.2, -0.15) is 0 Å². The van der Waals surface area contributed by atoms with Crippen molar-refractivity contribution in [2.24, 2.45) is 5.84 Å². The van der Waals surface area contributed by atoms with Crippen LogP contribution in [0, 0.1) is 12.7 Å². The van der Waals surface area contributed by atoms with Crippen molar-refractivity contribution in [3.8, 4) is 0 Å². The molecular weight excluding hydrogens is 315 g/mol. The van der Waals surface area contributed by atoms with Crippen LogP contribution in [0.25, 0.3) is 0 Å². The highest BCUT2D eigenvalue weighted by molar-refractivity contribution is 9.10. The average Bonchev–Trinajstić information content (AvgIpc) is 2.75. The molecule has 5 heteroatoms. The molecule has 1 aromatic heterocycles. The van der Waals surface area contributed by atoms with Crippen LogP contribution in [0.2, 0.25) is 0 Å². The quantitative estimate of drug-likeness (QED) is 0.663. The van der Waals surface area contributed by atoms with Gasteiger partial charge in [0.05, 0.1) is 6.04 Å². The lowest BCUT2D eigenvalue weighted by atomic mass is 10.0. The molecule has 0 saturated carbocycles. The molecule has 1 aromatic carbocycles. The van der Waals surface area contributed by atoms with Gasteiger partial charge < -0.3 is 0 Å². The normalized spacial score (nSPS) is 12.7. The monoisotopic (exact) mass is 328 g/mol. The van der Waals surface area contributed by atoms with E-state index in [1.807, 2.05) is 24.4 Å². The van der Waals surface area contributed by atoms with E-state index in [0.717, 1.165) is 14.9 Å². The molecule has 0 aliphatic carbocycles. The number of aryl methyl sites for hydroxylation is 1. The molecule has 96 valence electrons. The maximum atomic E-state index is 13.8. The van der Waals surface area contributed by atoms with Crippen molar-refractivity contribution in [3.63, 3.8) is 0 Å². The van der Waals surface area contributed by atoms with Crippen LogP contribution < -0.4 is 11.3 Å². The Hall–Kier alpha value is -0.750. The number of rotatable bonds is 4. The van der Waals surface area contributed by atoms with Crippen molar-refractivity contribution < 1.29 is 4.39 Å². The van der Waals surface area contributed by atoms with E-state index < -0.39 is 0 Å². The number of thiophene rings is 1. The minimum absolute atomic E-state index is 0.213. The zero-order valence-corrected chi connectivity index (χ0v) is 12.3. The fourth-order valence-corrected chi connectivity index (χ4v) is 3.35. The van der Waals surface area contributed by atoms with Gasteiger partial charge in [0.2, 0.25) is 0 Å². The van der Waals surface area contributed by atoms with Crippen LogP contribution in [0.3, 0.4) is 0 Å². The molecule has 0 bridgehead atoms. The van der Waals surface area contributed by atoms with Crippen LogP contribution in [0.4, 0.5) is 4.39 Å². The van der Waals surface area contributed by atoms with Crippen LogP contribution in [0.5, 0.6) is 0 Å². The predicted octanol–water partition coefficient (Wildman–Crippen LogP) is 3.71. The van der Waals surface area contributed by atoms with Gasteiger partial charge in [-0.25, -0.2) is 4.39 Å². The number of benzene rings is 1. The summed E-state index contributed by atoms with van der Waals surface area (Å²) in [5.74, 6) is 5.33. The van der Waals surface area contributed by atoms with Crippen molar-refractivity contribution in [1.29, 1.82) is 0 Å². The Morgan fingerprint density at radius 1 is 1.44 bits per heavy atom. The predicted molar refractivity (Wildman–Crippen MR) is 76.9 cm³/mol. The first-order chi connectivity index (χ1) is 8.60. The largest absolute Gasteiger partial charge is 0.271 e. The van der Waals surface area contributed by atoms with Gasteiger partial charge in [-0.15, -0.1) is 11.3 Å². The smallest absolute Gasteiger partial charge is 0.128 e. The third-order valence-electron chi connectivity index (χ3n) is 2.76. The molecule has 3 N–H and O–H groups in total. The molecule has 0 spiro atoms. The second-order valence-corrected chi connectivity index (χ2v) is 6.09. The molecular formula is C13H14BrFN2S. The van der Waals surface area contributed by atoms with Gasteiger partial charge in [0.25, 0.3) is 0 Å². The average molecular weight is 329 g/mol. The van der Waals surface area contributed by atoms with Crippen molar-refractivity contribution in [2.45, 2.75) is 19.4 Å². The van der Waals surface area contributed by atoms with Gasteiger partial charge in [0.1, 0.15) is 5.82 Å². The summed E-state index contributed by atoms with van der Waals surface area (Å²) in [6.07, 6.45) is 0.674. The first-order valence-corrected chi connectivity index (χ1v) is 7.22. The van der Waals surface area contributed by atoms with Gasteiger partial charge in [-0.05, 0) is 35.0 Å². The maximum absolute atomic E-state index is 13.8. The summed E-state index contributed by atoms with van der Waals surface area (Å²) in [6.45, 7) is 1.94. The van der Waals surface area contributed by atoms with E-state index in [-0.39, 0.29) is 11.9 Å². The minimum atomic E-state index is -0.223. The lowest BCUT2D eigenvalue weighted by Gasteiger charge is -2.16. The van der Waals surface area contributed by atoms with E-state index >= 15 is 0 Å². The van der Waals surface area contributed by atoms with Crippen molar-refractivity contribution >= 4 is 27.3 Å². The summed E-state index contributed by atoms with van der Waals surface area (Å²) in [4.78, 5) is 1.16. The number of nitrogens with two attached hydrogens (primary N) is 1. The van der Waals surface area contributed by atoms with E-state index in [0.29, 0.717) is 12.0 Å². The number of hydrogen-bond donors (Lipinski definition) is 2. The molecule has 18 heavy (non-hydrogen) atoms. The number of hydrazine groups is 1. The second-order valence-electron chi connectivity index (χ2n) is 4.18. The summed E-state index contributed by atoms with van der Waals surface area (Å²) in [5.41, 5.74) is 4.34. The summed E-state index contributed by atoms with van der Waals surface area (Å²) >= 11 is 5.04. The number of nitrogens with one attached hydrogen (secondary N) is 1. The fraction of sp³-hybridized carbons (Fsp3) is 0.231. The molecule has 0 aliphatic rings. The molecule has 1 unspecified atom stereocenters. The molecule has 1 heterocycles. The van der Waals surface area contributed by atoms with Crippen molar-refractivity contribution in [2.75, 3.05) is 0 Å². The highest BCUT2D eigenvalue weighted by atomic mass is 79.9. The minimum Gasteiger partial charge on any atom is -0.271 e. The second kappa shape index (κ2) is 5.93. The molecule has 0 fully saturated rings. The highest BCUT2D eigenvalue weighted by Gasteiger charge is 2.16. The van der Waals surface area contributed by atoms with Gasteiger partial charge >= 0.3 is 0 Å². The number of hydrogen-bond acceptors (Lipinski definition) is 3. The standard InChI is InChI=1S/C13H14BrFN2S/c1-8-2-3-12(15)11(4-8)13(17-16)6-10-5-9(14)7-18-10/h2-5,7,13,17H,6,16H2,1H3. The summed E-state index contributed by atoms with van der Waals surface area (Å²) < 4.78 is 14.9. The molecule has 0 amide bonds. The highest BCUT2D eigenvalue weighted by Crippen LogP contribution is 2.26. The molecule has 0 saturated heterocycles. The Morgan fingerprint density at radius 3 is 2.83 bits per heavy atom. The molecule has 1 atom stereocenters. The zero-order chi connectivity index (χ0) is 13.1. The van der Waals surface area contributed by atoms with Gasteiger partial charge in [0.15, 0.2) is 0 Å². The van der Waals surface area contributed by atoms with Crippen LogP contribution in [-0.2, 0) is 6.42 Å². The first-order valence-electron chi connectivity index (χ1n) is 5.55. The Labute approximate surface area is 118 Å². The molecule has 0 radical (unpaired) electrons. The van der Waals surface area contributed by atoms with E-state index in [9.17, 15) is 4.39 Å². The van der Waals surface area contributed by atoms with Gasteiger partial charge in [-0.1, -0.05) is 17.7 Å². The summed E-state index contributed by atoms with van der Waals surface area (Å²) in [6, 6.07) is 6.90. The molecule has 0 aliphatic heterocycles. The first kappa shape index (κ1) is 13.7. The lowest BCUT2D eigenvalue weighted by Crippen LogP contribution is -2.30. The lowest BCUT2D eigenvalue weighted by molar-refractivity contribution is 0.512. The van der Waals surface area contributed by atoms with Gasteiger partial charge in [0, 0.05) is 26.7 Å². The van der Waals surface area contributed by atoms with Gasteiger partial charge in [-0.3, -0.25) is 11.3 Å². The third kappa shape index (κ3) is 3.17. The fourth-order valence-electron chi connectivity index (χ4n) is 1.85. The van der Waals surface area contributed by atoms with E-state index in [1.165, 1.54) is 6.07 Å². The Bertz CT molecular complexity index is 542. The summed E-state index contributed by atoms with van der Waals surface area (Å²) in [5, 5.41) is 2.01. The van der Waals surface area contributed by atoms with Crippen molar-refractivity contribution in [3.05, 3.63) is 55.9 Å². The zero-order valence-electron chi connectivity index (χ0n) is 9.91. The SMILES string of the molecule is Cc1ccc(F)c(C(Cc2cc(Br)cs2)NN)c1. The molecule has 2 nitrogen and oxygen atoms in total. The summed E-state index contributed by atoms with van der Waals surface area (Å²) in [7, 11) is 0. The van der Waals surface area contributed by atoms with E-state index in [2.05, 4.69) is 21.4 Å². The third-order valence-corrected chi connectivity index (χ3v) is 4.48.